The number of carboxylic acids is 1. The van der Waals surface area contributed by atoms with Crippen LogP contribution in [0.4, 0.5) is 4.79 Å². The SMILES string of the molecule is CC(C)(C)OC(=O)NC(C)(Cc1ccc(O)cc1)C(=O)O. The highest BCUT2D eigenvalue weighted by Crippen LogP contribution is 2.18. The molecule has 0 aliphatic rings. The third kappa shape index (κ3) is 5.33. The van der Waals surface area contributed by atoms with E-state index in [1.54, 1.807) is 32.9 Å². The largest absolute Gasteiger partial charge is 0.508 e. The summed E-state index contributed by atoms with van der Waals surface area (Å²) < 4.78 is 5.09. The summed E-state index contributed by atoms with van der Waals surface area (Å²) in [7, 11) is 0. The van der Waals surface area contributed by atoms with Gasteiger partial charge in [-0.3, -0.25) is 0 Å². The van der Waals surface area contributed by atoms with Gasteiger partial charge in [0.1, 0.15) is 16.9 Å². The first-order valence-electron chi connectivity index (χ1n) is 6.54. The van der Waals surface area contributed by atoms with E-state index >= 15 is 0 Å². The number of nitrogens with one attached hydrogen (secondary N) is 1. The van der Waals surface area contributed by atoms with Crippen molar-refractivity contribution in [2.75, 3.05) is 0 Å². The van der Waals surface area contributed by atoms with Gasteiger partial charge in [-0.25, -0.2) is 9.59 Å². The molecule has 0 aliphatic carbocycles. The first kappa shape index (κ1) is 16.8. The second-order valence-corrected chi connectivity index (χ2v) is 6.11. The van der Waals surface area contributed by atoms with Crippen molar-refractivity contribution in [1.82, 2.24) is 5.32 Å². The zero-order valence-electron chi connectivity index (χ0n) is 12.6. The summed E-state index contributed by atoms with van der Waals surface area (Å²) in [4.78, 5) is 23.3. The van der Waals surface area contributed by atoms with E-state index in [4.69, 9.17) is 4.74 Å². The molecular weight excluding hydrogens is 274 g/mol. The first-order valence-corrected chi connectivity index (χ1v) is 6.54. The maximum atomic E-state index is 11.8. The third-order valence-corrected chi connectivity index (χ3v) is 2.74. The molecular formula is C15H21NO5. The molecule has 1 aromatic carbocycles. The lowest BCUT2D eigenvalue weighted by atomic mass is 9.93. The normalized spacial score (nSPS) is 14.1. The van der Waals surface area contributed by atoms with Crippen molar-refractivity contribution in [2.24, 2.45) is 0 Å². The molecule has 0 aromatic heterocycles. The average molecular weight is 295 g/mol. The highest BCUT2D eigenvalue weighted by Gasteiger charge is 2.36. The lowest BCUT2D eigenvalue weighted by Gasteiger charge is -2.28. The van der Waals surface area contributed by atoms with Crippen molar-refractivity contribution in [2.45, 2.75) is 45.3 Å². The number of aliphatic carboxylic acids is 1. The molecule has 0 fully saturated rings. The molecule has 1 atom stereocenters. The topological polar surface area (TPSA) is 95.9 Å². The van der Waals surface area contributed by atoms with Gasteiger partial charge in [0.2, 0.25) is 0 Å². The van der Waals surface area contributed by atoms with Crippen LogP contribution in [-0.2, 0) is 16.0 Å². The van der Waals surface area contributed by atoms with E-state index in [1.807, 2.05) is 0 Å². The number of benzene rings is 1. The number of carboxylic acid groups (broad SMARTS) is 1. The summed E-state index contributed by atoms with van der Waals surface area (Å²) in [5, 5.41) is 21.0. The minimum absolute atomic E-state index is 0.0713. The molecule has 0 saturated carbocycles. The summed E-state index contributed by atoms with van der Waals surface area (Å²) in [6, 6.07) is 6.14. The average Bonchev–Trinajstić information content (AvgIpc) is 2.29. The number of hydrogen-bond acceptors (Lipinski definition) is 4. The Balaban J connectivity index is 2.86. The Hall–Kier alpha value is -2.24. The van der Waals surface area contributed by atoms with Crippen LogP contribution in [0.3, 0.4) is 0 Å². The van der Waals surface area contributed by atoms with Crippen molar-refractivity contribution in [1.29, 1.82) is 0 Å². The smallest absolute Gasteiger partial charge is 0.408 e. The number of ether oxygens (including phenoxy) is 1. The highest BCUT2D eigenvalue weighted by molar-refractivity contribution is 5.84. The standard InChI is InChI=1S/C15H21NO5/c1-14(2,3)21-13(20)16-15(4,12(18)19)9-10-5-7-11(17)8-6-10/h5-8,17H,9H2,1-4H3,(H,16,20)(H,18,19). The zero-order valence-corrected chi connectivity index (χ0v) is 12.6. The Bertz CT molecular complexity index is 518. The molecule has 116 valence electrons. The summed E-state index contributed by atoms with van der Waals surface area (Å²) in [6.07, 6.45) is -0.715. The Morgan fingerprint density at radius 3 is 2.10 bits per heavy atom. The molecule has 0 aliphatic heterocycles. The molecule has 1 rings (SSSR count). The third-order valence-electron chi connectivity index (χ3n) is 2.74. The number of rotatable bonds is 4. The van der Waals surface area contributed by atoms with Crippen molar-refractivity contribution < 1.29 is 24.5 Å². The number of phenols is 1. The van der Waals surface area contributed by atoms with E-state index in [0.29, 0.717) is 5.56 Å². The van der Waals surface area contributed by atoms with Gasteiger partial charge in [-0.15, -0.1) is 0 Å². The molecule has 1 amide bonds. The van der Waals surface area contributed by atoms with Crippen molar-refractivity contribution in [3.8, 4) is 5.75 Å². The fourth-order valence-electron chi connectivity index (χ4n) is 1.72. The molecule has 1 unspecified atom stereocenters. The molecule has 0 bridgehead atoms. The van der Waals surface area contributed by atoms with Crippen molar-refractivity contribution in [3.63, 3.8) is 0 Å². The summed E-state index contributed by atoms with van der Waals surface area (Å²) in [6.45, 7) is 6.51. The maximum absolute atomic E-state index is 11.8. The molecule has 3 N–H and O–H groups in total. The quantitative estimate of drug-likeness (QED) is 0.792. The van der Waals surface area contributed by atoms with E-state index in [0.717, 1.165) is 0 Å². The van der Waals surface area contributed by atoms with Crippen LogP contribution in [-0.4, -0.2) is 33.4 Å². The molecule has 0 saturated heterocycles. The first-order chi connectivity index (χ1) is 9.52. The Morgan fingerprint density at radius 1 is 1.14 bits per heavy atom. The van der Waals surface area contributed by atoms with E-state index in [1.165, 1.54) is 19.1 Å². The van der Waals surface area contributed by atoms with Gasteiger partial charge in [-0.1, -0.05) is 12.1 Å². The molecule has 1 aromatic rings. The monoisotopic (exact) mass is 295 g/mol. The summed E-state index contributed by atoms with van der Waals surface area (Å²) in [5.74, 6) is -1.07. The minimum Gasteiger partial charge on any atom is -0.508 e. The van der Waals surface area contributed by atoms with Crippen LogP contribution in [0.2, 0.25) is 0 Å². The number of hydrogen-bond donors (Lipinski definition) is 3. The zero-order chi connectivity index (χ0) is 16.3. The highest BCUT2D eigenvalue weighted by atomic mass is 16.6. The Kier molecular flexibility index (Phi) is 4.83. The molecule has 21 heavy (non-hydrogen) atoms. The lowest BCUT2D eigenvalue weighted by molar-refractivity contribution is -0.144. The maximum Gasteiger partial charge on any atom is 0.408 e. The number of alkyl carbamates (subject to hydrolysis) is 1. The molecule has 6 heteroatoms. The van der Waals surface area contributed by atoms with Gasteiger partial charge in [0.25, 0.3) is 0 Å². The van der Waals surface area contributed by atoms with Crippen molar-refractivity contribution in [3.05, 3.63) is 29.8 Å². The van der Waals surface area contributed by atoms with Crippen LogP contribution in [0.15, 0.2) is 24.3 Å². The van der Waals surface area contributed by atoms with Crippen LogP contribution in [0.5, 0.6) is 5.75 Å². The van der Waals surface area contributed by atoms with E-state index < -0.39 is 23.2 Å². The van der Waals surface area contributed by atoms with E-state index in [2.05, 4.69) is 5.32 Å². The van der Waals surface area contributed by atoms with Crippen LogP contribution in [0.25, 0.3) is 0 Å². The molecule has 0 heterocycles. The molecule has 0 radical (unpaired) electrons. The summed E-state index contributed by atoms with van der Waals surface area (Å²) >= 11 is 0. The number of carbonyl (C=O) groups excluding carboxylic acids is 1. The van der Waals surface area contributed by atoms with Gasteiger partial charge in [-0.2, -0.15) is 0 Å². The molecule has 6 nitrogen and oxygen atoms in total. The summed E-state index contributed by atoms with van der Waals surface area (Å²) in [5.41, 5.74) is -1.53. The predicted octanol–water partition coefficient (Wildman–Crippen LogP) is 2.30. The van der Waals surface area contributed by atoms with E-state index in [-0.39, 0.29) is 12.2 Å². The van der Waals surface area contributed by atoms with Gasteiger partial charge in [0, 0.05) is 6.42 Å². The van der Waals surface area contributed by atoms with Gasteiger partial charge in [-0.05, 0) is 45.4 Å². The Labute approximate surface area is 123 Å². The van der Waals surface area contributed by atoms with Gasteiger partial charge in [0.15, 0.2) is 0 Å². The van der Waals surface area contributed by atoms with E-state index in [9.17, 15) is 19.8 Å². The predicted molar refractivity (Wildman–Crippen MR) is 77.2 cm³/mol. The fraction of sp³-hybridized carbons (Fsp3) is 0.467. The van der Waals surface area contributed by atoms with Crippen LogP contribution < -0.4 is 5.32 Å². The second kappa shape index (κ2) is 6.03. The minimum atomic E-state index is -1.50. The Morgan fingerprint density at radius 2 is 1.67 bits per heavy atom. The van der Waals surface area contributed by atoms with Gasteiger partial charge < -0.3 is 20.3 Å². The van der Waals surface area contributed by atoms with Crippen LogP contribution in [0.1, 0.15) is 33.3 Å². The molecule has 0 spiro atoms. The van der Waals surface area contributed by atoms with Crippen LogP contribution in [0, 0.1) is 0 Å². The number of carbonyl (C=O) groups is 2. The second-order valence-electron chi connectivity index (χ2n) is 6.11. The van der Waals surface area contributed by atoms with Gasteiger partial charge >= 0.3 is 12.1 Å². The number of amides is 1. The fourth-order valence-corrected chi connectivity index (χ4v) is 1.72. The van der Waals surface area contributed by atoms with Gasteiger partial charge in [0.05, 0.1) is 0 Å². The number of aromatic hydroxyl groups is 1. The number of phenolic OH excluding ortho intramolecular Hbond substituents is 1. The lowest BCUT2D eigenvalue weighted by Crippen LogP contribution is -2.54. The van der Waals surface area contributed by atoms with Crippen LogP contribution >= 0.6 is 0 Å². The van der Waals surface area contributed by atoms with Crippen molar-refractivity contribution >= 4 is 12.1 Å².